The Balaban J connectivity index is 0.000000101. The van der Waals surface area contributed by atoms with Crippen molar-refractivity contribution >= 4 is 0 Å². The molecule has 12 aromatic rings. The van der Waals surface area contributed by atoms with Crippen LogP contribution in [0.1, 0.15) is 293 Å². The molecule has 6 fully saturated rings. The lowest BCUT2D eigenvalue weighted by Crippen LogP contribution is -2.42. The zero-order chi connectivity index (χ0) is 88.8. The topological polar surface area (TPSA) is 23.3 Å². The Hall–Kier alpha value is -9.78. The van der Waals surface area contributed by atoms with Crippen LogP contribution in [0.4, 0.5) is 0 Å². The van der Waals surface area contributed by atoms with E-state index in [1.54, 1.807) is 67.2 Å². The summed E-state index contributed by atoms with van der Waals surface area (Å²) in [6, 6.07) is 74.2. The van der Waals surface area contributed by atoms with Crippen molar-refractivity contribution in [3.8, 4) is 67.5 Å². The van der Waals surface area contributed by atoms with Gasteiger partial charge in [-0.1, -0.05) is 186 Å². The Morgan fingerprint density at radius 1 is 0.225 bits per heavy atom. The van der Waals surface area contributed by atoms with Gasteiger partial charge in [0.2, 0.25) is 34.2 Å². The molecule has 0 bridgehead atoms. The van der Waals surface area contributed by atoms with Gasteiger partial charge in [0.15, 0.2) is 35.7 Å². The quantitative estimate of drug-likeness (QED) is 0.148. The van der Waals surface area contributed by atoms with Gasteiger partial charge in [-0.2, -0.15) is 13.7 Å². The van der Waals surface area contributed by atoms with Crippen LogP contribution in [0.15, 0.2) is 219 Å². The highest BCUT2D eigenvalue weighted by molar-refractivity contribution is 5.70. The van der Waals surface area contributed by atoms with Gasteiger partial charge >= 0.3 is 0 Å². The molecule has 0 saturated heterocycles. The molecule has 6 aromatic heterocycles. The molecule has 0 unspecified atom stereocenters. The summed E-state index contributed by atoms with van der Waals surface area (Å²) < 4.78 is 14.5. The molecule has 129 heavy (non-hydrogen) atoms. The fourth-order valence-corrected chi connectivity index (χ4v) is 28.6. The molecule has 6 heteroatoms. The fraction of sp³-hybridized carbons (Fsp3) is 0.463. The first kappa shape index (κ1) is 88.5. The van der Waals surface area contributed by atoms with Gasteiger partial charge in [0, 0.05) is 127 Å². The SMILES string of the molecule is Cc1ccccc1-c1c2c(cc[n+]1C)CC1(CCCC1)CC2.Cc1ccccc1-c1c2c(cc[n+]1C)CCC1(CCCC1)C2.Cc1ccccc1-c1c2c(cc[n+]1C)CCCC21CCCC1.Cc1ccccc1-c1ccc2c([n+]1C)C1(CCCC1)CC2.Cc1ccccc1-c1ccc2c([n+]1C)CC1(CCCC1)C2.Cc1ccccc1-c1ccc2c([n+]1C)CCC21CCCC1. The largest absolute Gasteiger partial charge is 0.216 e. The molecular weight excluding hydrogens is 1560 g/mol. The molecule has 24 rings (SSSR count). The summed E-state index contributed by atoms with van der Waals surface area (Å²) in [6.45, 7) is 13.4. The summed E-state index contributed by atoms with van der Waals surface area (Å²) in [7, 11) is 13.4. The van der Waals surface area contributed by atoms with Crippen molar-refractivity contribution < 1.29 is 27.4 Å². The van der Waals surface area contributed by atoms with Crippen LogP contribution in [0.5, 0.6) is 0 Å². The lowest BCUT2D eigenvalue weighted by atomic mass is 9.67. The van der Waals surface area contributed by atoms with Gasteiger partial charge in [-0.05, 0) is 323 Å². The summed E-state index contributed by atoms with van der Waals surface area (Å²) in [6.07, 6.45) is 60.8. The van der Waals surface area contributed by atoms with Gasteiger partial charge in [-0.3, -0.25) is 0 Å². The molecule has 0 radical (unpaired) electrons. The monoisotopic (exact) mass is 1710 g/mol. The molecule has 0 aliphatic heterocycles. The lowest BCUT2D eigenvalue weighted by Gasteiger charge is -2.36. The van der Waals surface area contributed by atoms with E-state index < -0.39 is 0 Å². The van der Waals surface area contributed by atoms with E-state index in [2.05, 4.69) is 330 Å². The zero-order valence-corrected chi connectivity index (χ0v) is 81.0. The second kappa shape index (κ2) is 37.1. The van der Waals surface area contributed by atoms with Crippen LogP contribution in [0, 0.1) is 57.8 Å². The number of rotatable bonds is 6. The molecule has 6 heterocycles. The Morgan fingerprint density at radius 2 is 0.589 bits per heavy atom. The number of pyridine rings is 6. The minimum absolute atomic E-state index is 0.463. The molecule has 666 valence electrons. The van der Waals surface area contributed by atoms with E-state index in [0.29, 0.717) is 32.5 Å². The maximum Gasteiger partial charge on any atom is 0.216 e. The van der Waals surface area contributed by atoms with Crippen LogP contribution in [-0.4, -0.2) is 0 Å². The maximum absolute atomic E-state index is 2.51. The van der Waals surface area contributed by atoms with Crippen molar-refractivity contribution in [3.63, 3.8) is 0 Å². The van der Waals surface area contributed by atoms with Crippen LogP contribution in [0.2, 0.25) is 0 Å². The van der Waals surface area contributed by atoms with Gasteiger partial charge in [0.05, 0.1) is 5.41 Å². The number of hydrogen-bond acceptors (Lipinski definition) is 0. The highest BCUT2D eigenvalue weighted by Gasteiger charge is 2.51. The van der Waals surface area contributed by atoms with Crippen LogP contribution >= 0.6 is 0 Å². The third-order valence-corrected chi connectivity index (χ3v) is 35.6. The number of nitrogens with zero attached hydrogens (tertiary/aromatic N) is 6. The normalized spacial score (nSPS) is 19.3. The Morgan fingerprint density at radius 3 is 1.11 bits per heavy atom. The van der Waals surface area contributed by atoms with Gasteiger partial charge in [0.25, 0.3) is 0 Å². The average Bonchev–Trinajstić information content (AvgIpc) is 1.66. The summed E-state index contributed by atoms with van der Waals surface area (Å²) >= 11 is 0. The predicted molar refractivity (Wildman–Crippen MR) is 531 cm³/mol. The number of aryl methyl sites for hydroxylation is 12. The van der Waals surface area contributed by atoms with E-state index in [1.807, 2.05) is 0 Å². The molecule has 6 saturated carbocycles. The minimum Gasteiger partial charge on any atom is -0.201 e. The van der Waals surface area contributed by atoms with Gasteiger partial charge in [-0.25, -0.2) is 13.7 Å². The van der Waals surface area contributed by atoms with Crippen LogP contribution in [-0.2, 0) is 116 Å². The lowest BCUT2D eigenvalue weighted by molar-refractivity contribution is -0.671. The number of hydrogen-bond donors (Lipinski definition) is 0. The molecule has 0 atom stereocenters. The first-order valence-electron chi connectivity index (χ1n) is 51.1. The van der Waals surface area contributed by atoms with E-state index in [0.717, 1.165) is 0 Å². The maximum atomic E-state index is 2.51. The third kappa shape index (κ3) is 17.1. The number of aromatic nitrogens is 6. The van der Waals surface area contributed by atoms with Crippen molar-refractivity contribution in [1.82, 2.24) is 0 Å². The molecule has 0 N–H and O–H groups in total. The van der Waals surface area contributed by atoms with E-state index in [1.165, 1.54) is 351 Å². The number of fused-ring (bicyclic) bond motifs is 9. The van der Waals surface area contributed by atoms with Crippen molar-refractivity contribution in [2.75, 3.05) is 0 Å². The van der Waals surface area contributed by atoms with Gasteiger partial charge < -0.3 is 0 Å². The smallest absolute Gasteiger partial charge is 0.201 e. The average molecular weight is 1710 g/mol. The van der Waals surface area contributed by atoms with Crippen molar-refractivity contribution in [2.45, 2.75) is 308 Å². The second-order valence-electron chi connectivity index (χ2n) is 43.3. The first-order chi connectivity index (χ1) is 62.7. The van der Waals surface area contributed by atoms with Gasteiger partial charge in [0.1, 0.15) is 42.3 Å². The highest BCUT2D eigenvalue weighted by Crippen LogP contribution is 2.56. The Bertz CT molecular complexity index is 6130. The van der Waals surface area contributed by atoms with Crippen molar-refractivity contribution in [2.24, 2.45) is 58.5 Å². The summed E-state index contributed by atoms with van der Waals surface area (Å²) in [5, 5.41) is 0. The first-order valence-corrected chi connectivity index (χ1v) is 51.1. The molecular formula is C123H150N6+6. The minimum atomic E-state index is 0.463. The second-order valence-corrected chi connectivity index (χ2v) is 43.3. The van der Waals surface area contributed by atoms with E-state index in [4.69, 9.17) is 0 Å². The molecule has 12 aliphatic carbocycles. The van der Waals surface area contributed by atoms with E-state index >= 15 is 0 Å². The van der Waals surface area contributed by atoms with Crippen molar-refractivity contribution in [3.05, 3.63) is 319 Å². The van der Waals surface area contributed by atoms with Crippen LogP contribution < -0.4 is 27.4 Å². The van der Waals surface area contributed by atoms with Gasteiger partial charge in [-0.15, -0.1) is 0 Å². The van der Waals surface area contributed by atoms with Crippen LogP contribution in [0.25, 0.3) is 67.5 Å². The Kier molecular flexibility index (Phi) is 25.5. The summed E-state index contributed by atoms with van der Waals surface area (Å²) in [5.41, 5.74) is 47.8. The standard InChI is InChI=1S/3C21H26N.3C20H24N/c1-16-8-3-4-10-18(16)20-19-17(11-15-22(20)2)9-7-14-21(19)12-5-6-13-21;1-16-7-3-4-8-18(16)20-19-9-13-21(11-5-6-12-21)15-17(19)10-14-22(20)2;1-16-7-3-4-8-18(16)20-19-15-21(11-5-6-12-21)13-9-17(19)10-14-22(20)2;1-15-7-3-4-8-17(15)18-10-9-16-11-14-20(12-5-6-13-20)19(16)21(18)2;1-15-7-3-4-8-16(15)18-10-9-17-19(21(18)2)11-14-20(17)12-5-6-13-20;1-15-7-3-4-8-17(15)18-10-9-16-13-20(11-5-6-12-20)14-19(16)21(18)2/h3-4,8,10-11,15H,5-7,9,12-14H2,1-2H3;2*3-4,7-8,10,14H,5-6,9,11-13,15H2,1-2H3;3*3-4,7-10H,5-6,11-14H2,1-2H3/q6*+1. The third-order valence-electron chi connectivity index (χ3n) is 35.6. The van der Waals surface area contributed by atoms with Crippen LogP contribution in [0.3, 0.4) is 0 Å². The summed E-state index contributed by atoms with van der Waals surface area (Å²) in [5.74, 6) is 0. The molecule has 0 amide bonds. The molecule has 6 nitrogen and oxygen atoms in total. The van der Waals surface area contributed by atoms with E-state index in [9.17, 15) is 0 Å². The van der Waals surface area contributed by atoms with Crippen molar-refractivity contribution in [1.29, 1.82) is 0 Å². The predicted octanol–water partition coefficient (Wildman–Crippen LogP) is 26.3. The summed E-state index contributed by atoms with van der Waals surface area (Å²) in [4.78, 5) is 0. The molecule has 6 aromatic carbocycles. The zero-order valence-electron chi connectivity index (χ0n) is 81.0. The van der Waals surface area contributed by atoms with E-state index in [-0.39, 0.29) is 0 Å². The Labute approximate surface area is 775 Å². The fourth-order valence-electron chi connectivity index (χ4n) is 28.6. The number of benzene rings is 6. The molecule has 12 aliphatic rings. The highest BCUT2D eigenvalue weighted by atomic mass is 15.0. The molecule has 6 spiro atoms.